The van der Waals surface area contributed by atoms with Crippen molar-refractivity contribution in [1.82, 2.24) is 9.88 Å². The molecule has 1 spiro atoms. The van der Waals surface area contributed by atoms with Crippen LogP contribution in [0.1, 0.15) is 16.9 Å². The number of carbonyl (C=O) groups is 2. The smallest absolute Gasteiger partial charge is 0.271 e. The van der Waals surface area contributed by atoms with Crippen molar-refractivity contribution >= 4 is 21.7 Å². The number of nitrogens with one attached hydrogen (secondary N) is 1. The lowest BCUT2D eigenvalue weighted by Crippen LogP contribution is -2.69. The van der Waals surface area contributed by atoms with E-state index in [0.717, 1.165) is 11.1 Å². The van der Waals surface area contributed by atoms with Gasteiger partial charge in [-0.05, 0) is 18.1 Å². The van der Waals surface area contributed by atoms with E-state index in [-0.39, 0.29) is 31.2 Å². The molecule has 1 aromatic heterocycles. The summed E-state index contributed by atoms with van der Waals surface area (Å²) in [6.45, 7) is 0.0179. The van der Waals surface area contributed by atoms with Crippen LogP contribution in [0, 0.1) is 5.92 Å². The molecule has 0 aliphatic carbocycles. The Labute approximate surface area is 151 Å². The number of nitrogens with zero attached hydrogens (tertiary/aromatic N) is 1. The van der Waals surface area contributed by atoms with E-state index in [4.69, 9.17) is 5.73 Å². The second kappa shape index (κ2) is 5.70. The van der Waals surface area contributed by atoms with Gasteiger partial charge in [0.15, 0.2) is 9.84 Å². The number of nitrogens with two attached hydrogens (primary N) is 1. The lowest BCUT2D eigenvalue weighted by molar-refractivity contribution is -0.124. The summed E-state index contributed by atoms with van der Waals surface area (Å²) >= 11 is 0. The van der Waals surface area contributed by atoms with Gasteiger partial charge in [0.1, 0.15) is 10.4 Å². The number of carbonyl (C=O) groups excluding carboxylic acids is 2. The molecule has 2 aliphatic rings. The monoisotopic (exact) mass is 373 g/mol. The summed E-state index contributed by atoms with van der Waals surface area (Å²) in [5.41, 5.74) is 7.48. The summed E-state index contributed by atoms with van der Waals surface area (Å²) in [4.78, 5) is 29.0. The van der Waals surface area contributed by atoms with Crippen LogP contribution in [0.25, 0.3) is 11.1 Å². The predicted molar refractivity (Wildman–Crippen MR) is 96.0 cm³/mol. The highest BCUT2D eigenvalue weighted by Crippen LogP contribution is 2.45. The minimum absolute atomic E-state index is 0.00895. The molecule has 2 fully saturated rings. The number of rotatable bonds is 3. The van der Waals surface area contributed by atoms with E-state index < -0.39 is 26.4 Å². The number of primary amides is 1. The first kappa shape index (κ1) is 16.8. The third kappa shape index (κ3) is 2.28. The van der Waals surface area contributed by atoms with Crippen molar-refractivity contribution in [3.8, 4) is 11.1 Å². The van der Waals surface area contributed by atoms with Gasteiger partial charge in [0.05, 0.1) is 11.7 Å². The number of hydrogen-bond acceptors (Lipinski definition) is 4. The SMILES string of the molecule is NC(=O)C1CCS(=O)(=O)C12CN(C(=O)c1[nH]ccc1-c1ccccc1)C2. The Bertz CT molecular complexity index is 975. The number of H-pyrrole nitrogens is 1. The second-order valence-electron chi connectivity index (χ2n) is 6.92. The number of aromatic amines is 1. The zero-order chi connectivity index (χ0) is 18.5. The van der Waals surface area contributed by atoms with E-state index in [1.54, 1.807) is 6.20 Å². The van der Waals surface area contributed by atoms with E-state index in [9.17, 15) is 18.0 Å². The van der Waals surface area contributed by atoms with Crippen LogP contribution in [0.4, 0.5) is 0 Å². The Morgan fingerprint density at radius 2 is 1.85 bits per heavy atom. The minimum atomic E-state index is -3.45. The standard InChI is InChI=1S/C18H19N3O4S/c19-16(22)14-7-9-26(24,25)18(14)10-21(11-18)17(23)15-13(6-8-20-15)12-4-2-1-3-5-12/h1-6,8,14,20H,7,9-11H2,(H2,19,22). The molecule has 136 valence electrons. The van der Waals surface area contributed by atoms with Crippen LogP contribution in [0.15, 0.2) is 42.6 Å². The van der Waals surface area contributed by atoms with Gasteiger partial charge >= 0.3 is 0 Å². The van der Waals surface area contributed by atoms with E-state index >= 15 is 0 Å². The highest BCUT2D eigenvalue weighted by Gasteiger charge is 2.64. The largest absolute Gasteiger partial charge is 0.369 e. The number of amides is 2. The Morgan fingerprint density at radius 3 is 2.50 bits per heavy atom. The fraction of sp³-hybridized carbons (Fsp3) is 0.333. The van der Waals surface area contributed by atoms with Crippen LogP contribution in [-0.4, -0.2) is 53.7 Å². The number of aromatic nitrogens is 1. The average Bonchev–Trinajstić information content (AvgIpc) is 3.15. The van der Waals surface area contributed by atoms with Crippen LogP contribution in [-0.2, 0) is 14.6 Å². The lowest BCUT2D eigenvalue weighted by Gasteiger charge is -2.49. The number of likely N-dealkylation sites (tertiary alicyclic amines) is 1. The molecule has 3 N–H and O–H groups in total. The Morgan fingerprint density at radius 1 is 1.15 bits per heavy atom. The van der Waals surface area contributed by atoms with Crippen LogP contribution >= 0.6 is 0 Å². The minimum Gasteiger partial charge on any atom is -0.369 e. The topological polar surface area (TPSA) is 113 Å². The quantitative estimate of drug-likeness (QED) is 0.828. The molecule has 1 atom stereocenters. The third-order valence-electron chi connectivity index (χ3n) is 5.52. The van der Waals surface area contributed by atoms with Crippen molar-refractivity contribution in [3.63, 3.8) is 0 Å². The molecule has 1 unspecified atom stereocenters. The first-order chi connectivity index (χ1) is 12.4. The molecule has 1 aromatic carbocycles. The van der Waals surface area contributed by atoms with E-state index in [1.165, 1.54) is 4.90 Å². The summed E-state index contributed by atoms with van der Waals surface area (Å²) in [6.07, 6.45) is 1.92. The maximum absolute atomic E-state index is 12.9. The second-order valence-corrected chi connectivity index (χ2v) is 9.37. The van der Waals surface area contributed by atoms with Crippen LogP contribution in [0.3, 0.4) is 0 Å². The molecule has 2 saturated heterocycles. The van der Waals surface area contributed by atoms with Crippen molar-refractivity contribution < 1.29 is 18.0 Å². The highest BCUT2D eigenvalue weighted by atomic mass is 32.2. The number of sulfone groups is 1. The van der Waals surface area contributed by atoms with Crippen molar-refractivity contribution in [2.75, 3.05) is 18.8 Å². The van der Waals surface area contributed by atoms with Gasteiger partial charge in [-0.15, -0.1) is 0 Å². The molecule has 8 heteroatoms. The maximum Gasteiger partial charge on any atom is 0.271 e. The molecule has 0 saturated carbocycles. The number of benzene rings is 1. The summed E-state index contributed by atoms with van der Waals surface area (Å²) < 4.78 is 23.7. The molecule has 0 bridgehead atoms. The fourth-order valence-corrected chi connectivity index (χ4v) is 6.41. The van der Waals surface area contributed by atoms with Gasteiger partial charge in [-0.2, -0.15) is 0 Å². The van der Waals surface area contributed by atoms with E-state index in [0.29, 0.717) is 5.69 Å². The number of hydrogen-bond donors (Lipinski definition) is 2. The van der Waals surface area contributed by atoms with Gasteiger partial charge in [0.2, 0.25) is 5.91 Å². The first-order valence-electron chi connectivity index (χ1n) is 8.39. The van der Waals surface area contributed by atoms with Gasteiger partial charge in [-0.3, -0.25) is 9.59 Å². The summed E-state index contributed by atoms with van der Waals surface area (Å²) in [5, 5.41) is 0. The summed E-state index contributed by atoms with van der Waals surface area (Å²) in [6, 6.07) is 11.3. The molecule has 3 heterocycles. The Kier molecular flexibility index (Phi) is 3.69. The molecule has 7 nitrogen and oxygen atoms in total. The molecule has 26 heavy (non-hydrogen) atoms. The maximum atomic E-state index is 12.9. The zero-order valence-electron chi connectivity index (χ0n) is 14.0. The van der Waals surface area contributed by atoms with Crippen molar-refractivity contribution in [3.05, 3.63) is 48.3 Å². The molecule has 0 radical (unpaired) electrons. The van der Waals surface area contributed by atoms with Gasteiger partial charge < -0.3 is 15.6 Å². The van der Waals surface area contributed by atoms with Crippen LogP contribution < -0.4 is 5.73 Å². The Hall–Kier alpha value is -2.61. The fourth-order valence-electron chi connectivity index (χ4n) is 4.08. The van der Waals surface area contributed by atoms with Gasteiger partial charge in [0.25, 0.3) is 5.91 Å². The van der Waals surface area contributed by atoms with Gasteiger partial charge in [0, 0.05) is 24.8 Å². The van der Waals surface area contributed by atoms with Crippen LogP contribution in [0.5, 0.6) is 0 Å². The Balaban J connectivity index is 1.60. The molecule has 2 aliphatic heterocycles. The highest BCUT2D eigenvalue weighted by molar-refractivity contribution is 7.93. The normalized spacial score (nSPS) is 22.9. The summed E-state index contributed by atoms with van der Waals surface area (Å²) in [7, 11) is -3.45. The molecule has 2 amide bonds. The van der Waals surface area contributed by atoms with Gasteiger partial charge in [-0.1, -0.05) is 30.3 Å². The predicted octanol–water partition coefficient (Wildman–Crippen LogP) is 0.796. The third-order valence-corrected chi connectivity index (χ3v) is 8.08. The average molecular weight is 373 g/mol. The first-order valence-corrected chi connectivity index (χ1v) is 10.0. The lowest BCUT2D eigenvalue weighted by atomic mass is 9.82. The molecule has 2 aromatic rings. The molecular weight excluding hydrogens is 354 g/mol. The van der Waals surface area contributed by atoms with Gasteiger partial charge in [-0.25, -0.2) is 8.42 Å². The van der Waals surface area contributed by atoms with E-state index in [1.807, 2.05) is 36.4 Å². The van der Waals surface area contributed by atoms with Crippen molar-refractivity contribution in [2.45, 2.75) is 11.2 Å². The molecule has 4 rings (SSSR count). The summed E-state index contributed by atoms with van der Waals surface area (Å²) in [5.74, 6) is -1.66. The molecular formula is C18H19N3O4S. The van der Waals surface area contributed by atoms with Crippen molar-refractivity contribution in [2.24, 2.45) is 11.7 Å². The zero-order valence-corrected chi connectivity index (χ0v) is 14.8. The van der Waals surface area contributed by atoms with E-state index in [2.05, 4.69) is 4.98 Å². The van der Waals surface area contributed by atoms with Crippen molar-refractivity contribution in [1.29, 1.82) is 0 Å². The van der Waals surface area contributed by atoms with Crippen LogP contribution in [0.2, 0.25) is 0 Å².